The highest BCUT2D eigenvalue weighted by Crippen LogP contribution is 2.18. The molecule has 0 bridgehead atoms. The number of nitrogens with one attached hydrogen (secondary N) is 2. The van der Waals surface area contributed by atoms with Crippen LogP contribution in [0.15, 0.2) is 89.0 Å². The van der Waals surface area contributed by atoms with Crippen molar-refractivity contribution in [2.45, 2.75) is 6.92 Å². The Bertz CT molecular complexity index is 1050. The van der Waals surface area contributed by atoms with E-state index < -0.39 is 5.91 Å². The van der Waals surface area contributed by atoms with Gasteiger partial charge in [-0.3, -0.25) is 9.59 Å². The second-order valence-corrected chi connectivity index (χ2v) is 7.26. The zero-order valence-electron chi connectivity index (χ0n) is 16.4. The molecular weight excluding hydrogens is 444 g/mol. The topological polar surface area (TPSA) is 67.4 Å². The molecule has 2 amide bonds. The van der Waals surface area contributed by atoms with Crippen LogP contribution in [-0.4, -0.2) is 18.4 Å². The molecule has 0 aliphatic heterocycles. The minimum Gasteiger partial charge on any atom is -0.494 e. The minimum atomic E-state index is -0.425. The van der Waals surface area contributed by atoms with Crippen LogP contribution in [0.1, 0.15) is 22.8 Å². The highest BCUT2D eigenvalue weighted by molar-refractivity contribution is 9.10. The van der Waals surface area contributed by atoms with Crippen molar-refractivity contribution in [1.29, 1.82) is 0 Å². The lowest BCUT2D eigenvalue weighted by atomic mass is 10.1. The van der Waals surface area contributed by atoms with Crippen LogP contribution in [0.25, 0.3) is 6.08 Å². The van der Waals surface area contributed by atoms with Crippen LogP contribution in [0.3, 0.4) is 0 Å². The van der Waals surface area contributed by atoms with Crippen molar-refractivity contribution in [1.82, 2.24) is 5.32 Å². The molecule has 0 aliphatic rings. The lowest BCUT2D eigenvalue weighted by molar-refractivity contribution is -0.113. The number of halogens is 1. The average molecular weight is 465 g/mol. The van der Waals surface area contributed by atoms with Crippen LogP contribution in [0, 0.1) is 0 Å². The number of ether oxygens (including phenoxy) is 1. The SMILES string of the molecule is CCOc1ccc(C=C(NC(=O)c2ccccc2)C(=O)Nc2cccc(Br)c2)cc1. The predicted octanol–water partition coefficient (Wildman–Crippen LogP) is 5.26. The van der Waals surface area contributed by atoms with Crippen LogP contribution in [-0.2, 0) is 4.79 Å². The third-order valence-electron chi connectivity index (χ3n) is 4.11. The summed E-state index contributed by atoms with van der Waals surface area (Å²) in [4.78, 5) is 25.6. The molecule has 0 heterocycles. The molecule has 6 heteroatoms. The highest BCUT2D eigenvalue weighted by Gasteiger charge is 2.15. The Balaban J connectivity index is 1.86. The lowest BCUT2D eigenvalue weighted by Gasteiger charge is -2.12. The molecule has 3 aromatic rings. The van der Waals surface area contributed by atoms with Gasteiger partial charge in [-0.15, -0.1) is 0 Å². The van der Waals surface area contributed by atoms with Crippen molar-refractivity contribution < 1.29 is 14.3 Å². The standard InChI is InChI=1S/C24H21BrN2O3/c1-2-30-21-13-11-17(12-14-21)15-22(27-23(28)18-7-4-3-5-8-18)24(29)26-20-10-6-9-19(25)16-20/h3-16H,2H2,1H3,(H,26,29)(H,27,28). The normalized spacial score (nSPS) is 10.9. The summed E-state index contributed by atoms with van der Waals surface area (Å²) in [5.74, 6) is -0.0495. The predicted molar refractivity (Wildman–Crippen MR) is 122 cm³/mol. The van der Waals surface area contributed by atoms with Gasteiger partial charge in [0.15, 0.2) is 0 Å². The number of hydrogen-bond donors (Lipinski definition) is 2. The molecule has 0 fully saturated rings. The van der Waals surface area contributed by atoms with E-state index in [2.05, 4.69) is 26.6 Å². The summed E-state index contributed by atoms with van der Waals surface area (Å²) in [5, 5.41) is 5.54. The number of carbonyl (C=O) groups is 2. The smallest absolute Gasteiger partial charge is 0.272 e. The number of benzene rings is 3. The Morgan fingerprint density at radius 3 is 2.37 bits per heavy atom. The van der Waals surface area contributed by atoms with E-state index in [1.165, 1.54) is 0 Å². The number of amides is 2. The van der Waals surface area contributed by atoms with E-state index in [0.29, 0.717) is 17.9 Å². The van der Waals surface area contributed by atoms with Gasteiger partial charge in [0.25, 0.3) is 11.8 Å². The van der Waals surface area contributed by atoms with Gasteiger partial charge in [0.05, 0.1) is 6.61 Å². The Hall–Kier alpha value is -3.38. The van der Waals surface area contributed by atoms with E-state index in [0.717, 1.165) is 15.8 Å². The molecule has 0 spiro atoms. The van der Waals surface area contributed by atoms with E-state index in [1.807, 2.05) is 49.4 Å². The second kappa shape index (κ2) is 10.4. The first-order valence-corrected chi connectivity index (χ1v) is 10.2. The monoisotopic (exact) mass is 464 g/mol. The first-order chi connectivity index (χ1) is 14.5. The van der Waals surface area contributed by atoms with Crippen LogP contribution >= 0.6 is 15.9 Å². The summed E-state index contributed by atoms with van der Waals surface area (Å²) in [6.07, 6.45) is 1.63. The number of anilines is 1. The summed E-state index contributed by atoms with van der Waals surface area (Å²) in [5.41, 5.74) is 1.96. The van der Waals surface area contributed by atoms with Crippen molar-refractivity contribution in [2.75, 3.05) is 11.9 Å². The molecule has 152 valence electrons. The summed E-state index contributed by atoms with van der Waals surface area (Å²) in [6, 6.07) is 23.3. The number of rotatable bonds is 7. The fourth-order valence-corrected chi connectivity index (χ4v) is 3.10. The highest BCUT2D eigenvalue weighted by atomic mass is 79.9. The van der Waals surface area contributed by atoms with Gasteiger partial charge >= 0.3 is 0 Å². The van der Waals surface area contributed by atoms with Crippen molar-refractivity contribution in [2.24, 2.45) is 0 Å². The Morgan fingerprint density at radius 2 is 1.70 bits per heavy atom. The van der Waals surface area contributed by atoms with Gasteiger partial charge < -0.3 is 15.4 Å². The van der Waals surface area contributed by atoms with Crippen molar-refractivity contribution in [3.8, 4) is 5.75 Å². The molecule has 0 radical (unpaired) electrons. The van der Waals surface area contributed by atoms with E-state index in [9.17, 15) is 9.59 Å². The quantitative estimate of drug-likeness (QED) is 0.468. The van der Waals surface area contributed by atoms with Crippen LogP contribution < -0.4 is 15.4 Å². The molecule has 0 saturated carbocycles. The molecular formula is C24H21BrN2O3. The average Bonchev–Trinajstić information content (AvgIpc) is 2.75. The molecule has 0 atom stereocenters. The summed E-state index contributed by atoms with van der Waals surface area (Å²) in [6.45, 7) is 2.49. The van der Waals surface area contributed by atoms with Gasteiger partial charge in [-0.05, 0) is 61.0 Å². The van der Waals surface area contributed by atoms with E-state index in [4.69, 9.17) is 4.74 Å². The van der Waals surface area contributed by atoms with Crippen molar-refractivity contribution in [3.05, 3.63) is 100 Å². The lowest BCUT2D eigenvalue weighted by Crippen LogP contribution is -2.30. The number of hydrogen-bond acceptors (Lipinski definition) is 3. The third-order valence-corrected chi connectivity index (χ3v) is 4.61. The first kappa shape index (κ1) is 21.3. The second-order valence-electron chi connectivity index (χ2n) is 6.34. The van der Waals surface area contributed by atoms with E-state index in [-0.39, 0.29) is 11.6 Å². The van der Waals surface area contributed by atoms with E-state index in [1.54, 1.807) is 42.5 Å². The van der Waals surface area contributed by atoms with Gasteiger partial charge in [-0.25, -0.2) is 0 Å². The fraction of sp³-hybridized carbons (Fsp3) is 0.0833. The van der Waals surface area contributed by atoms with Gasteiger partial charge in [-0.2, -0.15) is 0 Å². The maximum atomic E-state index is 12.9. The molecule has 0 saturated heterocycles. The summed E-state index contributed by atoms with van der Waals surface area (Å²) >= 11 is 3.39. The van der Waals surface area contributed by atoms with Gasteiger partial charge in [-0.1, -0.05) is 52.3 Å². The van der Waals surface area contributed by atoms with E-state index >= 15 is 0 Å². The Kier molecular flexibility index (Phi) is 7.40. The largest absolute Gasteiger partial charge is 0.494 e. The van der Waals surface area contributed by atoms with Gasteiger partial charge in [0.2, 0.25) is 0 Å². The van der Waals surface area contributed by atoms with Crippen LogP contribution in [0.5, 0.6) is 5.75 Å². The molecule has 0 aliphatic carbocycles. The van der Waals surface area contributed by atoms with Gasteiger partial charge in [0, 0.05) is 15.7 Å². The molecule has 3 rings (SSSR count). The molecule has 30 heavy (non-hydrogen) atoms. The summed E-state index contributed by atoms with van der Waals surface area (Å²) in [7, 11) is 0. The minimum absolute atomic E-state index is 0.132. The number of carbonyl (C=O) groups excluding carboxylic acids is 2. The zero-order chi connectivity index (χ0) is 21.3. The molecule has 3 aromatic carbocycles. The molecule has 2 N–H and O–H groups in total. The Morgan fingerprint density at radius 1 is 0.967 bits per heavy atom. The molecule has 0 unspecified atom stereocenters. The van der Waals surface area contributed by atoms with Crippen molar-refractivity contribution in [3.63, 3.8) is 0 Å². The Labute approximate surface area is 183 Å². The van der Waals surface area contributed by atoms with Crippen LogP contribution in [0.4, 0.5) is 5.69 Å². The molecule has 0 aromatic heterocycles. The third kappa shape index (κ3) is 6.06. The molecule has 5 nitrogen and oxygen atoms in total. The first-order valence-electron chi connectivity index (χ1n) is 9.43. The summed E-state index contributed by atoms with van der Waals surface area (Å²) < 4.78 is 6.29. The van der Waals surface area contributed by atoms with Crippen molar-refractivity contribution >= 4 is 39.5 Å². The van der Waals surface area contributed by atoms with Gasteiger partial charge in [0.1, 0.15) is 11.4 Å². The maximum Gasteiger partial charge on any atom is 0.272 e. The zero-order valence-corrected chi connectivity index (χ0v) is 18.0. The maximum absolute atomic E-state index is 12.9. The fourth-order valence-electron chi connectivity index (χ4n) is 2.70. The van der Waals surface area contributed by atoms with Crippen LogP contribution in [0.2, 0.25) is 0 Å².